The molecular weight excluding hydrogens is 408 g/mol. The third kappa shape index (κ3) is 4.04. The number of benzene rings is 2. The second-order valence-corrected chi connectivity index (χ2v) is 7.92. The normalized spacial score (nSPS) is 11.1. The molecule has 0 aliphatic carbocycles. The number of methoxy groups -OCH3 is 1. The van der Waals surface area contributed by atoms with Crippen LogP contribution in [0.2, 0.25) is 0 Å². The predicted octanol–water partition coefficient (Wildman–Crippen LogP) is 5.44. The minimum atomic E-state index is 0.553. The number of para-hydroxylation sites is 1. The quantitative estimate of drug-likeness (QED) is 0.322. The summed E-state index contributed by atoms with van der Waals surface area (Å²) in [6.45, 7) is 0.553. The van der Waals surface area contributed by atoms with Crippen LogP contribution in [0.5, 0.6) is 5.75 Å². The van der Waals surface area contributed by atoms with Crippen molar-refractivity contribution in [2.24, 2.45) is 0 Å². The molecule has 7 heteroatoms. The van der Waals surface area contributed by atoms with E-state index < -0.39 is 0 Å². The van der Waals surface area contributed by atoms with Gasteiger partial charge in [0.25, 0.3) is 0 Å². The van der Waals surface area contributed by atoms with Gasteiger partial charge in [-0.25, -0.2) is 0 Å². The number of hydrogen-bond acceptors (Lipinski definition) is 6. The molecule has 0 aliphatic rings. The maximum Gasteiger partial charge on any atom is 0.192 e. The molecule has 0 saturated heterocycles. The minimum Gasteiger partial charge on any atom is -0.497 e. The average Bonchev–Trinajstić information content (AvgIpc) is 3.48. The Hall–Kier alpha value is -3.58. The van der Waals surface area contributed by atoms with Crippen molar-refractivity contribution in [2.75, 3.05) is 7.11 Å². The highest BCUT2D eigenvalue weighted by Gasteiger charge is 2.16. The van der Waals surface area contributed by atoms with Gasteiger partial charge in [-0.3, -0.25) is 9.55 Å². The van der Waals surface area contributed by atoms with Crippen LogP contribution in [-0.4, -0.2) is 26.9 Å². The zero-order valence-electron chi connectivity index (χ0n) is 16.9. The van der Waals surface area contributed by atoms with Gasteiger partial charge in [-0.2, -0.15) is 0 Å². The number of pyridine rings is 1. The van der Waals surface area contributed by atoms with E-state index in [9.17, 15) is 0 Å². The Morgan fingerprint density at radius 1 is 0.968 bits per heavy atom. The Morgan fingerprint density at radius 3 is 2.65 bits per heavy atom. The largest absolute Gasteiger partial charge is 0.497 e. The van der Waals surface area contributed by atoms with Crippen LogP contribution in [-0.2, 0) is 12.3 Å². The molecule has 0 aliphatic heterocycles. The number of nitrogens with zero attached hydrogens (tertiary/aromatic N) is 4. The molecule has 5 aromatic rings. The molecule has 0 saturated carbocycles. The highest BCUT2D eigenvalue weighted by Crippen LogP contribution is 2.30. The first-order valence-electron chi connectivity index (χ1n) is 9.87. The van der Waals surface area contributed by atoms with Crippen molar-refractivity contribution < 1.29 is 9.15 Å². The first-order valence-corrected chi connectivity index (χ1v) is 10.9. The Labute approximate surface area is 183 Å². The third-order valence-electron chi connectivity index (χ3n) is 5.03. The number of hydrogen-bond donors (Lipinski definition) is 0. The van der Waals surface area contributed by atoms with Gasteiger partial charge in [-0.15, -0.1) is 10.2 Å². The molecule has 0 spiro atoms. The van der Waals surface area contributed by atoms with Crippen LogP contribution in [0, 0.1) is 0 Å². The van der Waals surface area contributed by atoms with Gasteiger partial charge in [-0.05, 0) is 48.0 Å². The molecule has 0 atom stereocenters. The molecule has 5 rings (SSSR count). The summed E-state index contributed by atoms with van der Waals surface area (Å²) in [6.07, 6.45) is 3.51. The number of aromatic nitrogens is 4. The predicted molar refractivity (Wildman–Crippen MR) is 121 cm³/mol. The Kier molecular flexibility index (Phi) is 5.41. The zero-order chi connectivity index (χ0) is 21.0. The Balaban J connectivity index is 1.48. The minimum absolute atomic E-state index is 0.553. The van der Waals surface area contributed by atoms with Crippen LogP contribution in [0.15, 0.2) is 88.8 Å². The van der Waals surface area contributed by atoms with Crippen molar-refractivity contribution in [1.29, 1.82) is 0 Å². The van der Waals surface area contributed by atoms with E-state index in [1.807, 2.05) is 48.7 Å². The van der Waals surface area contributed by atoms with Gasteiger partial charge < -0.3 is 9.15 Å². The number of fused-ring (bicyclic) bond motifs is 1. The Morgan fingerprint density at radius 2 is 1.84 bits per heavy atom. The van der Waals surface area contributed by atoms with Crippen LogP contribution >= 0.6 is 11.8 Å². The zero-order valence-corrected chi connectivity index (χ0v) is 17.7. The molecule has 0 bridgehead atoms. The SMILES string of the molecule is COc1ccc(-c2nnc(SCc3cccc4cccnc34)n2Cc2ccco2)cc1. The molecular formula is C24H20N4O2S. The fraction of sp³-hybridized carbons (Fsp3) is 0.125. The second-order valence-electron chi connectivity index (χ2n) is 6.98. The molecule has 0 N–H and O–H groups in total. The summed E-state index contributed by atoms with van der Waals surface area (Å²) in [4.78, 5) is 4.56. The summed E-state index contributed by atoms with van der Waals surface area (Å²) in [6, 6.07) is 22.0. The fourth-order valence-electron chi connectivity index (χ4n) is 3.48. The van der Waals surface area contributed by atoms with Gasteiger partial charge in [0.05, 0.1) is 25.4 Å². The highest BCUT2D eigenvalue weighted by atomic mass is 32.2. The van der Waals surface area contributed by atoms with Gasteiger partial charge in [-0.1, -0.05) is 36.0 Å². The van der Waals surface area contributed by atoms with Gasteiger partial charge in [0.2, 0.25) is 0 Å². The maximum atomic E-state index is 5.59. The number of rotatable bonds is 7. The van der Waals surface area contributed by atoms with Gasteiger partial charge in [0, 0.05) is 22.9 Å². The van der Waals surface area contributed by atoms with Crippen LogP contribution in [0.25, 0.3) is 22.3 Å². The average molecular weight is 429 g/mol. The molecule has 0 amide bonds. The van der Waals surface area contributed by atoms with E-state index in [1.165, 1.54) is 5.56 Å². The topological polar surface area (TPSA) is 66.0 Å². The molecule has 0 fully saturated rings. The summed E-state index contributed by atoms with van der Waals surface area (Å²) < 4.78 is 13.0. The van der Waals surface area contributed by atoms with Crippen molar-refractivity contribution in [3.63, 3.8) is 0 Å². The molecule has 0 unspecified atom stereocenters. The maximum absolute atomic E-state index is 5.59. The standard InChI is InChI=1S/C24H20N4O2S/c1-29-20-11-9-18(10-12-20)23-26-27-24(28(23)15-21-8-4-14-30-21)31-16-19-6-2-5-17-7-3-13-25-22(17)19/h2-14H,15-16H2,1H3. The summed E-state index contributed by atoms with van der Waals surface area (Å²) in [5.74, 6) is 3.19. The molecule has 3 aromatic heterocycles. The number of thioether (sulfide) groups is 1. The summed E-state index contributed by atoms with van der Waals surface area (Å²) in [5, 5.41) is 10.9. The van der Waals surface area contributed by atoms with E-state index in [1.54, 1.807) is 25.1 Å². The van der Waals surface area contributed by atoms with Crippen molar-refractivity contribution in [3.05, 3.63) is 90.5 Å². The van der Waals surface area contributed by atoms with Crippen LogP contribution < -0.4 is 4.74 Å². The van der Waals surface area contributed by atoms with Gasteiger partial charge >= 0.3 is 0 Å². The molecule has 154 valence electrons. The summed E-state index contributed by atoms with van der Waals surface area (Å²) in [7, 11) is 1.66. The number of ether oxygens (including phenoxy) is 1. The van der Waals surface area contributed by atoms with E-state index in [4.69, 9.17) is 9.15 Å². The van der Waals surface area contributed by atoms with Crippen LogP contribution in [0.3, 0.4) is 0 Å². The lowest BCUT2D eigenvalue weighted by atomic mass is 10.1. The summed E-state index contributed by atoms with van der Waals surface area (Å²) in [5.41, 5.74) is 3.16. The van der Waals surface area contributed by atoms with Crippen molar-refractivity contribution in [3.8, 4) is 17.1 Å². The second kappa shape index (κ2) is 8.65. The van der Waals surface area contributed by atoms with E-state index in [-0.39, 0.29) is 0 Å². The summed E-state index contributed by atoms with van der Waals surface area (Å²) >= 11 is 1.64. The third-order valence-corrected chi connectivity index (χ3v) is 6.05. The van der Waals surface area contributed by atoms with Crippen molar-refractivity contribution >= 4 is 22.7 Å². The van der Waals surface area contributed by atoms with E-state index in [0.29, 0.717) is 6.54 Å². The van der Waals surface area contributed by atoms with Crippen LogP contribution in [0.4, 0.5) is 0 Å². The molecule has 2 aromatic carbocycles. The van der Waals surface area contributed by atoms with Crippen LogP contribution in [0.1, 0.15) is 11.3 Å². The van der Waals surface area contributed by atoms with E-state index in [2.05, 4.69) is 44.0 Å². The Bertz CT molecular complexity index is 1290. The lowest BCUT2D eigenvalue weighted by Gasteiger charge is -2.10. The van der Waals surface area contributed by atoms with E-state index in [0.717, 1.165) is 44.7 Å². The highest BCUT2D eigenvalue weighted by molar-refractivity contribution is 7.98. The first-order chi connectivity index (χ1) is 15.3. The van der Waals surface area contributed by atoms with Gasteiger partial charge in [0.1, 0.15) is 11.5 Å². The van der Waals surface area contributed by atoms with Crippen molar-refractivity contribution in [2.45, 2.75) is 17.5 Å². The molecule has 0 radical (unpaired) electrons. The molecule has 3 heterocycles. The lowest BCUT2D eigenvalue weighted by molar-refractivity contribution is 0.415. The fourth-order valence-corrected chi connectivity index (χ4v) is 4.40. The molecule has 31 heavy (non-hydrogen) atoms. The monoisotopic (exact) mass is 428 g/mol. The smallest absolute Gasteiger partial charge is 0.192 e. The molecule has 6 nitrogen and oxygen atoms in total. The van der Waals surface area contributed by atoms with Crippen molar-refractivity contribution in [1.82, 2.24) is 19.7 Å². The first kappa shape index (κ1) is 19.4. The lowest BCUT2D eigenvalue weighted by Crippen LogP contribution is -2.03. The van der Waals surface area contributed by atoms with Gasteiger partial charge in [0.15, 0.2) is 11.0 Å². The number of furan rings is 1. The van der Waals surface area contributed by atoms with E-state index >= 15 is 0 Å².